The molecule has 0 bridgehead atoms. The molecule has 1 heterocycles. The van der Waals surface area contributed by atoms with Crippen LogP contribution in [0.1, 0.15) is 41.3 Å². The first-order chi connectivity index (χ1) is 12.5. The molecule has 0 radical (unpaired) electrons. The van der Waals surface area contributed by atoms with Crippen molar-refractivity contribution in [2.45, 2.75) is 19.8 Å². The molecule has 2 aliphatic rings. The molecular formula is C22H19NO3. The van der Waals surface area contributed by atoms with Crippen LogP contribution in [0.3, 0.4) is 0 Å². The lowest BCUT2D eigenvalue weighted by Gasteiger charge is -2.29. The van der Waals surface area contributed by atoms with Gasteiger partial charge < -0.3 is 10.1 Å². The average Bonchev–Trinajstić information content (AvgIpc) is 2.93. The van der Waals surface area contributed by atoms with Crippen LogP contribution in [0.5, 0.6) is 5.75 Å². The van der Waals surface area contributed by atoms with Crippen LogP contribution in [-0.4, -0.2) is 18.7 Å². The zero-order valence-corrected chi connectivity index (χ0v) is 14.9. The molecule has 0 aromatic heterocycles. The van der Waals surface area contributed by atoms with Crippen LogP contribution in [-0.2, 0) is 4.79 Å². The van der Waals surface area contributed by atoms with Gasteiger partial charge in [0.15, 0.2) is 11.6 Å². The number of benzene rings is 2. The Kier molecular flexibility index (Phi) is 3.76. The number of methoxy groups -OCH3 is 1. The molecule has 2 aromatic carbocycles. The molecule has 1 unspecified atom stereocenters. The Morgan fingerprint density at radius 1 is 1.08 bits per heavy atom. The summed E-state index contributed by atoms with van der Waals surface area (Å²) in [5.41, 5.74) is 5.30. The molecule has 4 nitrogen and oxygen atoms in total. The maximum absolute atomic E-state index is 13.2. The normalized spacial score (nSPS) is 18.4. The largest absolute Gasteiger partial charge is 0.497 e. The minimum Gasteiger partial charge on any atom is -0.497 e. The Labute approximate surface area is 152 Å². The molecule has 0 amide bonds. The number of carbonyl (C=O) groups excluding carboxylic acids is 2. The van der Waals surface area contributed by atoms with Crippen molar-refractivity contribution >= 4 is 17.3 Å². The van der Waals surface area contributed by atoms with E-state index in [-0.39, 0.29) is 11.6 Å². The number of nitrogens with one attached hydrogen (secondary N) is 1. The number of ketones is 2. The fourth-order valence-electron chi connectivity index (χ4n) is 3.95. The zero-order chi connectivity index (χ0) is 18.4. The standard InChI is InChI=1S/C22H19NO3/c1-12-18(13(2)24)19(14-7-6-8-15(11-14)26-3)20-21(23-12)16-9-4-5-10-17(16)22(20)25/h4-11,19,23H,1-3H3. The van der Waals surface area contributed by atoms with Crippen LogP contribution in [0, 0.1) is 0 Å². The van der Waals surface area contributed by atoms with Crippen LogP contribution in [0.2, 0.25) is 0 Å². The molecule has 4 heteroatoms. The van der Waals surface area contributed by atoms with Gasteiger partial charge >= 0.3 is 0 Å². The third kappa shape index (κ3) is 2.30. The molecule has 0 saturated carbocycles. The summed E-state index contributed by atoms with van der Waals surface area (Å²) in [7, 11) is 1.61. The number of hydrogen-bond acceptors (Lipinski definition) is 4. The van der Waals surface area contributed by atoms with Gasteiger partial charge in [0.05, 0.1) is 12.8 Å². The second-order valence-electron chi connectivity index (χ2n) is 6.59. The Hall–Kier alpha value is -3.14. The van der Waals surface area contributed by atoms with E-state index in [4.69, 9.17) is 4.74 Å². The minimum atomic E-state index is -0.404. The number of fused-ring (bicyclic) bond motifs is 2. The molecule has 2 aromatic rings. The number of ether oxygens (including phenoxy) is 1. The average molecular weight is 345 g/mol. The van der Waals surface area contributed by atoms with Crippen LogP contribution >= 0.6 is 0 Å². The highest BCUT2D eigenvalue weighted by Gasteiger charge is 2.41. The van der Waals surface area contributed by atoms with E-state index in [2.05, 4.69) is 5.32 Å². The van der Waals surface area contributed by atoms with Crippen LogP contribution in [0.15, 0.2) is 65.4 Å². The van der Waals surface area contributed by atoms with Crippen LogP contribution in [0.4, 0.5) is 0 Å². The summed E-state index contributed by atoms with van der Waals surface area (Å²) in [6.45, 7) is 3.44. The van der Waals surface area contributed by atoms with Gasteiger partial charge in [-0.2, -0.15) is 0 Å². The fourth-order valence-corrected chi connectivity index (χ4v) is 3.95. The lowest BCUT2D eigenvalue weighted by molar-refractivity contribution is -0.113. The summed E-state index contributed by atoms with van der Waals surface area (Å²) in [6.07, 6.45) is 0. The number of carbonyl (C=O) groups is 2. The number of hydrogen-bond donors (Lipinski definition) is 1. The van der Waals surface area contributed by atoms with Gasteiger partial charge in [-0.3, -0.25) is 9.59 Å². The molecule has 1 N–H and O–H groups in total. The van der Waals surface area contributed by atoms with Crippen LogP contribution < -0.4 is 10.1 Å². The van der Waals surface area contributed by atoms with Crippen LogP contribution in [0.25, 0.3) is 5.70 Å². The number of dihydropyridines is 1. The number of allylic oxidation sites excluding steroid dienone is 3. The molecule has 0 saturated heterocycles. The van der Waals surface area contributed by atoms with Crippen molar-refractivity contribution in [3.8, 4) is 5.75 Å². The zero-order valence-electron chi connectivity index (χ0n) is 14.9. The van der Waals surface area contributed by atoms with E-state index < -0.39 is 5.92 Å². The first-order valence-corrected chi connectivity index (χ1v) is 8.54. The predicted molar refractivity (Wildman–Crippen MR) is 99.9 cm³/mol. The van der Waals surface area contributed by atoms with Crippen molar-refractivity contribution in [1.82, 2.24) is 5.32 Å². The monoisotopic (exact) mass is 345 g/mol. The molecule has 1 aliphatic carbocycles. The SMILES string of the molecule is COc1cccc(C2C(C(C)=O)=C(C)NC3=C2C(=O)c2ccccc23)c1. The van der Waals surface area contributed by atoms with Gasteiger partial charge in [-0.25, -0.2) is 0 Å². The summed E-state index contributed by atoms with van der Waals surface area (Å²) >= 11 is 0. The Morgan fingerprint density at radius 3 is 2.50 bits per heavy atom. The lowest BCUT2D eigenvalue weighted by Crippen LogP contribution is -2.27. The van der Waals surface area contributed by atoms with Crippen molar-refractivity contribution < 1.29 is 14.3 Å². The van der Waals surface area contributed by atoms with Gasteiger partial charge in [-0.1, -0.05) is 36.4 Å². The highest BCUT2D eigenvalue weighted by molar-refractivity contribution is 6.23. The molecule has 0 fully saturated rings. The van der Waals surface area contributed by atoms with E-state index in [0.29, 0.717) is 22.5 Å². The highest BCUT2D eigenvalue weighted by atomic mass is 16.5. The Bertz CT molecular complexity index is 1010. The second kappa shape index (κ2) is 5.99. The molecule has 130 valence electrons. The summed E-state index contributed by atoms with van der Waals surface area (Å²) in [5, 5.41) is 3.31. The molecule has 0 spiro atoms. The van der Waals surface area contributed by atoms with Crippen molar-refractivity contribution in [3.63, 3.8) is 0 Å². The van der Waals surface area contributed by atoms with Crippen molar-refractivity contribution in [2.24, 2.45) is 0 Å². The number of Topliss-reactive ketones (excluding diaryl/α,β-unsaturated/α-hetero) is 2. The number of rotatable bonds is 3. The topological polar surface area (TPSA) is 55.4 Å². The molecule has 1 aliphatic heterocycles. The molecular weight excluding hydrogens is 326 g/mol. The molecule has 1 atom stereocenters. The first-order valence-electron chi connectivity index (χ1n) is 8.54. The van der Waals surface area contributed by atoms with Gasteiger partial charge in [-0.05, 0) is 31.5 Å². The van der Waals surface area contributed by atoms with Crippen molar-refractivity contribution in [1.29, 1.82) is 0 Å². The van der Waals surface area contributed by atoms with E-state index in [0.717, 1.165) is 22.5 Å². The minimum absolute atomic E-state index is 0.0258. The fraction of sp³-hybridized carbons (Fsp3) is 0.182. The van der Waals surface area contributed by atoms with Gasteiger partial charge in [0.1, 0.15) is 5.75 Å². The maximum Gasteiger partial charge on any atom is 0.192 e. The molecule has 26 heavy (non-hydrogen) atoms. The third-order valence-corrected chi connectivity index (χ3v) is 5.06. The third-order valence-electron chi connectivity index (χ3n) is 5.06. The maximum atomic E-state index is 13.2. The summed E-state index contributed by atoms with van der Waals surface area (Å²) < 4.78 is 5.35. The quantitative estimate of drug-likeness (QED) is 0.918. The smallest absolute Gasteiger partial charge is 0.192 e. The predicted octanol–water partition coefficient (Wildman–Crippen LogP) is 3.85. The Balaban J connectivity index is 1.96. The van der Waals surface area contributed by atoms with Gasteiger partial charge in [-0.15, -0.1) is 0 Å². The first kappa shape index (κ1) is 16.3. The van der Waals surface area contributed by atoms with E-state index >= 15 is 0 Å². The van der Waals surface area contributed by atoms with Gasteiger partial charge in [0.2, 0.25) is 0 Å². The summed E-state index contributed by atoms with van der Waals surface area (Å²) in [6, 6.07) is 15.1. The lowest BCUT2D eigenvalue weighted by atomic mass is 9.78. The Morgan fingerprint density at radius 2 is 1.81 bits per heavy atom. The summed E-state index contributed by atoms with van der Waals surface area (Å²) in [4.78, 5) is 25.6. The van der Waals surface area contributed by atoms with E-state index in [1.807, 2.05) is 55.5 Å². The second-order valence-corrected chi connectivity index (χ2v) is 6.59. The van der Waals surface area contributed by atoms with Gasteiger partial charge in [0.25, 0.3) is 0 Å². The van der Waals surface area contributed by atoms with Crippen molar-refractivity contribution in [3.05, 3.63) is 82.1 Å². The van der Waals surface area contributed by atoms with Gasteiger partial charge in [0, 0.05) is 33.9 Å². The van der Waals surface area contributed by atoms with E-state index in [1.165, 1.54) is 0 Å². The molecule has 4 rings (SSSR count). The van der Waals surface area contributed by atoms with Crippen molar-refractivity contribution in [2.75, 3.05) is 7.11 Å². The highest BCUT2D eigenvalue weighted by Crippen LogP contribution is 2.46. The summed E-state index contributed by atoms with van der Waals surface area (Å²) in [5.74, 6) is 0.228. The van der Waals surface area contributed by atoms with E-state index in [9.17, 15) is 9.59 Å². The van der Waals surface area contributed by atoms with E-state index in [1.54, 1.807) is 14.0 Å².